The second-order valence-electron chi connectivity index (χ2n) is 7.84. The molecule has 2 aromatic carbocycles. The number of para-hydroxylation sites is 1. The third-order valence-corrected chi connectivity index (χ3v) is 5.80. The average molecular weight is 431 g/mol. The van der Waals surface area contributed by atoms with Crippen molar-refractivity contribution in [1.82, 2.24) is 4.98 Å². The molecule has 2 unspecified atom stereocenters. The molecular weight excluding hydrogens is 406 g/mol. The minimum absolute atomic E-state index is 0.0323. The minimum Gasteiger partial charge on any atom is -0.482 e. The molecule has 1 aliphatic carbocycles. The number of rotatable bonds is 8. The number of carboxylic acid groups (broad SMARTS) is 1. The Morgan fingerprint density at radius 3 is 2.56 bits per heavy atom. The van der Waals surface area contributed by atoms with Crippen LogP contribution >= 0.6 is 0 Å². The zero-order chi connectivity index (χ0) is 22.5. The van der Waals surface area contributed by atoms with Crippen LogP contribution in [0.4, 0.5) is 11.4 Å². The molecule has 32 heavy (non-hydrogen) atoms. The molecule has 0 spiro atoms. The van der Waals surface area contributed by atoms with Crippen LogP contribution < -0.4 is 15.4 Å². The van der Waals surface area contributed by atoms with Gasteiger partial charge < -0.3 is 20.5 Å². The lowest BCUT2D eigenvalue weighted by Crippen LogP contribution is -2.49. The number of fused-ring (bicyclic) bond motifs is 1. The molecule has 1 amide bonds. The first-order chi connectivity index (χ1) is 15.5. The Morgan fingerprint density at radius 1 is 1.09 bits per heavy atom. The summed E-state index contributed by atoms with van der Waals surface area (Å²) < 4.78 is 5.49. The van der Waals surface area contributed by atoms with Gasteiger partial charge in [-0.15, -0.1) is 0 Å². The fourth-order valence-electron chi connectivity index (χ4n) is 4.47. The van der Waals surface area contributed by atoms with Crippen LogP contribution in [0.15, 0.2) is 73.1 Å². The summed E-state index contributed by atoms with van der Waals surface area (Å²) >= 11 is 0. The molecule has 164 valence electrons. The van der Waals surface area contributed by atoms with Gasteiger partial charge in [-0.1, -0.05) is 30.3 Å². The van der Waals surface area contributed by atoms with Crippen LogP contribution in [0.5, 0.6) is 5.75 Å². The third kappa shape index (κ3) is 4.56. The molecule has 7 nitrogen and oxygen atoms in total. The van der Waals surface area contributed by atoms with Gasteiger partial charge in [0.2, 0.25) is 5.91 Å². The number of aliphatic carboxylic acids is 1. The first-order valence-corrected chi connectivity index (χ1v) is 10.5. The van der Waals surface area contributed by atoms with E-state index >= 15 is 0 Å². The van der Waals surface area contributed by atoms with Gasteiger partial charge in [0.25, 0.3) is 0 Å². The molecule has 4 rings (SSSR count). The van der Waals surface area contributed by atoms with Gasteiger partial charge in [0, 0.05) is 11.9 Å². The average Bonchev–Trinajstić information content (AvgIpc) is 2.81. The Morgan fingerprint density at radius 2 is 1.88 bits per heavy atom. The Hall–Kier alpha value is -3.87. The van der Waals surface area contributed by atoms with Gasteiger partial charge in [-0.05, 0) is 66.6 Å². The fraction of sp³-hybridized carbons (Fsp3) is 0.240. The van der Waals surface area contributed by atoms with E-state index in [2.05, 4.69) is 4.98 Å². The van der Waals surface area contributed by atoms with E-state index in [1.165, 1.54) is 0 Å². The molecule has 0 fully saturated rings. The van der Waals surface area contributed by atoms with Crippen LogP contribution in [-0.2, 0) is 22.4 Å². The van der Waals surface area contributed by atoms with Crippen molar-refractivity contribution in [2.45, 2.75) is 25.3 Å². The molecule has 0 radical (unpaired) electrons. The van der Waals surface area contributed by atoms with Crippen molar-refractivity contribution in [2.75, 3.05) is 11.5 Å². The number of pyridine rings is 1. The number of amides is 1. The molecule has 1 heterocycles. The van der Waals surface area contributed by atoms with Crippen LogP contribution in [0.2, 0.25) is 0 Å². The van der Waals surface area contributed by atoms with Crippen LogP contribution in [0.3, 0.4) is 0 Å². The van der Waals surface area contributed by atoms with Gasteiger partial charge in [0.15, 0.2) is 6.61 Å². The number of carbonyl (C=O) groups is 2. The molecule has 3 N–H and O–H groups in total. The van der Waals surface area contributed by atoms with Gasteiger partial charge in [-0.25, -0.2) is 4.79 Å². The van der Waals surface area contributed by atoms with Crippen LogP contribution in [0, 0.1) is 5.92 Å². The monoisotopic (exact) mass is 431 g/mol. The van der Waals surface area contributed by atoms with Crippen LogP contribution in [0.1, 0.15) is 17.5 Å². The summed E-state index contributed by atoms with van der Waals surface area (Å²) in [5.41, 5.74) is 9.70. The summed E-state index contributed by atoms with van der Waals surface area (Å²) in [5, 5.41) is 8.95. The van der Waals surface area contributed by atoms with Crippen molar-refractivity contribution in [3.8, 4) is 5.75 Å². The SMILES string of the molecule is NC(=O)C(C1CCc2c(cccc2OCC(=O)O)C1)N(c1ccccc1)c1cccnc1. The molecule has 0 saturated carbocycles. The molecule has 0 aliphatic heterocycles. The molecule has 1 aliphatic rings. The number of carboxylic acids is 1. The normalized spacial score (nSPS) is 15.9. The maximum atomic E-state index is 12.8. The molecular formula is C25H25N3O4. The second-order valence-corrected chi connectivity index (χ2v) is 7.84. The Bertz CT molecular complexity index is 1050. The van der Waals surface area contributed by atoms with Crippen LogP contribution in [-0.4, -0.2) is 34.6 Å². The highest BCUT2D eigenvalue weighted by Crippen LogP contribution is 2.38. The Labute approximate surface area is 186 Å². The predicted octanol–water partition coefficient (Wildman–Crippen LogP) is 3.34. The maximum absolute atomic E-state index is 12.8. The summed E-state index contributed by atoms with van der Waals surface area (Å²) in [7, 11) is 0. The van der Waals surface area contributed by atoms with Crippen molar-refractivity contribution in [3.63, 3.8) is 0 Å². The Kier molecular flexibility index (Phi) is 6.35. The highest BCUT2D eigenvalue weighted by molar-refractivity contribution is 5.87. The number of aromatic nitrogens is 1. The number of carbonyl (C=O) groups excluding carboxylic acids is 1. The van der Waals surface area contributed by atoms with E-state index in [0.29, 0.717) is 18.6 Å². The van der Waals surface area contributed by atoms with E-state index in [1.807, 2.05) is 59.5 Å². The molecule has 1 aromatic heterocycles. The first kappa shape index (κ1) is 21.4. The predicted molar refractivity (Wildman–Crippen MR) is 121 cm³/mol. The summed E-state index contributed by atoms with van der Waals surface area (Å²) in [5.74, 6) is -0.856. The lowest BCUT2D eigenvalue weighted by molar-refractivity contribution is -0.139. The van der Waals surface area contributed by atoms with E-state index in [0.717, 1.165) is 28.9 Å². The number of hydrogen-bond acceptors (Lipinski definition) is 5. The van der Waals surface area contributed by atoms with Crippen molar-refractivity contribution in [2.24, 2.45) is 11.7 Å². The highest BCUT2D eigenvalue weighted by atomic mass is 16.5. The van der Waals surface area contributed by atoms with Crippen LogP contribution in [0.25, 0.3) is 0 Å². The highest BCUT2D eigenvalue weighted by Gasteiger charge is 2.36. The van der Waals surface area contributed by atoms with Crippen molar-refractivity contribution in [3.05, 3.63) is 84.2 Å². The number of nitrogens with zero attached hydrogens (tertiary/aromatic N) is 2. The summed E-state index contributed by atoms with van der Waals surface area (Å²) in [6.45, 7) is -0.382. The van der Waals surface area contributed by atoms with Gasteiger partial charge in [0.05, 0.1) is 11.9 Å². The van der Waals surface area contributed by atoms with Crippen molar-refractivity contribution in [1.29, 1.82) is 0 Å². The number of ether oxygens (including phenoxy) is 1. The zero-order valence-corrected chi connectivity index (χ0v) is 17.6. The molecule has 0 bridgehead atoms. The number of nitrogens with two attached hydrogens (primary N) is 1. The Balaban J connectivity index is 1.68. The number of anilines is 2. The van der Waals surface area contributed by atoms with Gasteiger partial charge >= 0.3 is 5.97 Å². The van der Waals surface area contributed by atoms with E-state index in [9.17, 15) is 9.59 Å². The van der Waals surface area contributed by atoms with E-state index in [1.54, 1.807) is 18.5 Å². The lowest BCUT2D eigenvalue weighted by atomic mass is 9.78. The van der Waals surface area contributed by atoms with E-state index in [-0.39, 0.29) is 12.5 Å². The van der Waals surface area contributed by atoms with Gasteiger partial charge in [0.1, 0.15) is 11.8 Å². The summed E-state index contributed by atoms with van der Waals surface area (Å²) in [6, 6.07) is 18.5. The van der Waals surface area contributed by atoms with Crippen molar-refractivity contribution >= 4 is 23.3 Å². The summed E-state index contributed by atoms with van der Waals surface area (Å²) in [4.78, 5) is 29.9. The number of primary amides is 1. The molecule has 2 atom stereocenters. The second kappa shape index (κ2) is 9.51. The quantitative estimate of drug-likeness (QED) is 0.567. The van der Waals surface area contributed by atoms with E-state index in [4.69, 9.17) is 15.6 Å². The molecule has 3 aromatic rings. The topological polar surface area (TPSA) is 106 Å². The number of benzene rings is 2. The third-order valence-electron chi connectivity index (χ3n) is 5.80. The largest absolute Gasteiger partial charge is 0.482 e. The minimum atomic E-state index is -1.01. The maximum Gasteiger partial charge on any atom is 0.341 e. The fourth-order valence-corrected chi connectivity index (χ4v) is 4.47. The standard InChI is InChI=1S/C25H25N3O4/c26-25(31)24(28(19-7-2-1-3-8-19)20-9-5-13-27-15-20)18-11-12-21-17(14-18)6-4-10-22(21)32-16-23(29)30/h1-10,13,15,18,24H,11-12,14,16H2,(H2,26,31)(H,29,30). The first-order valence-electron chi connectivity index (χ1n) is 10.5. The molecule has 0 saturated heterocycles. The smallest absolute Gasteiger partial charge is 0.341 e. The summed E-state index contributed by atoms with van der Waals surface area (Å²) in [6.07, 6.45) is 5.46. The molecule has 7 heteroatoms. The zero-order valence-electron chi connectivity index (χ0n) is 17.6. The van der Waals surface area contributed by atoms with Gasteiger partial charge in [-0.3, -0.25) is 9.78 Å². The number of hydrogen-bond donors (Lipinski definition) is 2. The van der Waals surface area contributed by atoms with E-state index < -0.39 is 17.9 Å². The van der Waals surface area contributed by atoms with Crippen molar-refractivity contribution < 1.29 is 19.4 Å². The van der Waals surface area contributed by atoms with Gasteiger partial charge in [-0.2, -0.15) is 0 Å². The lowest BCUT2D eigenvalue weighted by Gasteiger charge is -2.38.